The van der Waals surface area contributed by atoms with Gasteiger partial charge in [0.15, 0.2) is 0 Å². The maximum atomic E-state index is 12.4. The van der Waals surface area contributed by atoms with Crippen LogP contribution in [-0.4, -0.2) is 28.0 Å². The Kier molecular flexibility index (Phi) is 7.08. The largest absolute Gasteiger partial charge is 0.490 e. The van der Waals surface area contributed by atoms with Gasteiger partial charge in [-0.3, -0.25) is 0 Å². The molecule has 0 radical (unpaired) electrons. The smallest absolute Gasteiger partial charge is 0.408 e. The molecule has 8 heteroatoms. The van der Waals surface area contributed by atoms with Gasteiger partial charge in [-0.2, -0.15) is 5.26 Å². The number of rotatable bonds is 5. The molecule has 1 aromatic heterocycles. The topological polar surface area (TPSA) is 97.1 Å². The van der Waals surface area contributed by atoms with Crippen molar-refractivity contribution in [2.75, 3.05) is 0 Å². The van der Waals surface area contributed by atoms with Crippen molar-refractivity contribution in [3.05, 3.63) is 53.1 Å². The van der Waals surface area contributed by atoms with Crippen molar-refractivity contribution in [1.29, 1.82) is 5.26 Å². The number of fused-ring (bicyclic) bond motifs is 1. The van der Waals surface area contributed by atoms with Gasteiger partial charge in [0.05, 0.1) is 17.7 Å². The van der Waals surface area contributed by atoms with Crippen molar-refractivity contribution in [3.8, 4) is 33.0 Å². The fourth-order valence-electron chi connectivity index (χ4n) is 4.20. The number of hydrogen-bond acceptors (Lipinski definition) is 7. The molecule has 0 spiro atoms. The molecular weight excluding hydrogens is 460 g/mol. The Morgan fingerprint density at radius 1 is 1.20 bits per heavy atom. The fraction of sp³-hybridized carbons (Fsp3) is 0.407. The number of carbonyl (C=O) groups is 1. The van der Waals surface area contributed by atoms with Crippen LogP contribution in [0.2, 0.25) is 0 Å². The Morgan fingerprint density at radius 3 is 2.69 bits per heavy atom. The number of ether oxygens (including phenoxy) is 2. The van der Waals surface area contributed by atoms with Gasteiger partial charge in [0.2, 0.25) is 0 Å². The van der Waals surface area contributed by atoms with E-state index in [2.05, 4.69) is 33.7 Å². The van der Waals surface area contributed by atoms with E-state index < -0.39 is 11.7 Å². The number of aromatic nitrogens is 2. The molecule has 1 amide bonds. The molecule has 1 aliphatic carbocycles. The molecule has 1 atom stereocenters. The molecule has 7 nitrogen and oxygen atoms in total. The highest BCUT2D eigenvalue weighted by molar-refractivity contribution is 7.17. The van der Waals surface area contributed by atoms with E-state index in [9.17, 15) is 10.1 Å². The fourth-order valence-corrected chi connectivity index (χ4v) is 5.10. The van der Waals surface area contributed by atoms with Gasteiger partial charge in [-0.05, 0) is 83.2 Å². The lowest BCUT2D eigenvalue weighted by molar-refractivity contribution is 0.0498. The van der Waals surface area contributed by atoms with Crippen LogP contribution >= 0.6 is 11.3 Å². The third-order valence-corrected chi connectivity index (χ3v) is 6.57. The van der Waals surface area contributed by atoms with Gasteiger partial charge in [0.1, 0.15) is 27.4 Å². The van der Waals surface area contributed by atoms with E-state index in [0.717, 1.165) is 46.0 Å². The lowest BCUT2D eigenvalue weighted by Gasteiger charge is -2.29. The van der Waals surface area contributed by atoms with Crippen molar-refractivity contribution in [3.63, 3.8) is 0 Å². The number of benzene rings is 2. The van der Waals surface area contributed by atoms with Gasteiger partial charge >= 0.3 is 6.09 Å². The summed E-state index contributed by atoms with van der Waals surface area (Å²) in [6.07, 6.45) is 2.31. The number of alkyl carbamates (subject to hydrolysis) is 1. The van der Waals surface area contributed by atoms with Crippen molar-refractivity contribution in [2.24, 2.45) is 0 Å². The molecule has 4 rings (SSSR count). The summed E-state index contributed by atoms with van der Waals surface area (Å²) >= 11 is 1.49. The van der Waals surface area contributed by atoms with Crippen LogP contribution in [0, 0.1) is 11.3 Å². The molecule has 0 aliphatic heterocycles. The van der Waals surface area contributed by atoms with Crippen LogP contribution in [0.3, 0.4) is 0 Å². The van der Waals surface area contributed by atoms with E-state index >= 15 is 0 Å². The first kappa shape index (κ1) is 24.7. The summed E-state index contributed by atoms with van der Waals surface area (Å²) in [4.78, 5) is 12.4. The van der Waals surface area contributed by atoms with Crippen LogP contribution < -0.4 is 10.1 Å². The van der Waals surface area contributed by atoms with E-state index in [1.807, 2.05) is 52.8 Å². The van der Waals surface area contributed by atoms with Crippen molar-refractivity contribution in [1.82, 2.24) is 15.5 Å². The minimum absolute atomic E-state index is 0.0148. The molecule has 35 heavy (non-hydrogen) atoms. The normalized spacial score (nSPS) is 15.3. The molecule has 0 bridgehead atoms. The number of hydrogen-bond donors (Lipinski definition) is 1. The van der Waals surface area contributed by atoms with Crippen LogP contribution in [0.5, 0.6) is 5.75 Å². The number of nitrogens with one attached hydrogen (secondary N) is 1. The Bertz CT molecular complexity index is 1270. The standard InChI is InChI=1S/C27H30N4O3S/c1-16(2)33-23-13-12-17(14-18(23)15-28)24-30-31-25(35-24)21-10-6-9-20-19(21)8-7-11-22(20)29-26(32)34-27(3,4)5/h6,9-10,12-14,16,22H,7-8,11H2,1-5H3,(H,29,32). The van der Waals surface area contributed by atoms with Gasteiger partial charge in [-0.1, -0.05) is 29.5 Å². The highest BCUT2D eigenvalue weighted by Gasteiger charge is 2.27. The van der Waals surface area contributed by atoms with E-state index in [1.165, 1.54) is 16.9 Å². The summed E-state index contributed by atoms with van der Waals surface area (Å²) in [6, 6.07) is 13.7. The summed E-state index contributed by atoms with van der Waals surface area (Å²) < 4.78 is 11.2. The molecule has 1 unspecified atom stereocenters. The first-order chi connectivity index (χ1) is 16.6. The second-order valence-corrected chi connectivity index (χ2v) is 10.8. The number of amides is 1. The summed E-state index contributed by atoms with van der Waals surface area (Å²) in [6.45, 7) is 9.44. The molecular formula is C27H30N4O3S. The average Bonchev–Trinajstić information content (AvgIpc) is 3.27. The Labute approximate surface area is 210 Å². The summed E-state index contributed by atoms with van der Waals surface area (Å²) in [5, 5.41) is 23.0. The van der Waals surface area contributed by atoms with Crippen LogP contribution in [0.15, 0.2) is 36.4 Å². The zero-order valence-corrected chi connectivity index (χ0v) is 21.5. The lowest BCUT2D eigenvalue weighted by Crippen LogP contribution is -2.36. The zero-order chi connectivity index (χ0) is 25.2. The molecule has 0 saturated heterocycles. The summed E-state index contributed by atoms with van der Waals surface area (Å²) in [7, 11) is 0. The maximum Gasteiger partial charge on any atom is 0.408 e. The molecule has 1 aliphatic rings. The quantitative estimate of drug-likeness (QED) is 0.442. The molecule has 0 saturated carbocycles. The van der Waals surface area contributed by atoms with E-state index in [0.29, 0.717) is 11.3 Å². The van der Waals surface area contributed by atoms with Crippen LogP contribution in [-0.2, 0) is 11.2 Å². The summed E-state index contributed by atoms with van der Waals surface area (Å²) in [5.41, 5.74) is 4.06. The third kappa shape index (κ3) is 5.80. The van der Waals surface area contributed by atoms with Crippen molar-refractivity contribution < 1.29 is 14.3 Å². The first-order valence-corrected chi connectivity index (χ1v) is 12.6. The Hall–Kier alpha value is -3.44. The number of nitrogens with zero attached hydrogens (tertiary/aromatic N) is 3. The predicted molar refractivity (Wildman–Crippen MR) is 136 cm³/mol. The second-order valence-electron chi connectivity index (χ2n) is 9.87. The van der Waals surface area contributed by atoms with Gasteiger partial charge in [-0.15, -0.1) is 10.2 Å². The molecule has 182 valence electrons. The highest BCUT2D eigenvalue weighted by atomic mass is 32.1. The van der Waals surface area contributed by atoms with Gasteiger partial charge in [0, 0.05) is 11.1 Å². The molecule has 1 heterocycles. The predicted octanol–water partition coefficient (Wildman–Crippen LogP) is 6.43. The van der Waals surface area contributed by atoms with Crippen LogP contribution in [0.25, 0.3) is 21.1 Å². The maximum absolute atomic E-state index is 12.4. The van der Waals surface area contributed by atoms with Gasteiger partial charge < -0.3 is 14.8 Å². The Morgan fingerprint density at radius 2 is 1.97 bits per heavy atom. The van der Waals surface area contributed by atoms with Crippen LogP contribution in [0.4, 0.5) is 4.79 Å². The third-order valence-electron chi connectivity index (χ3n) is 5.56. The first-order valence-electron chi connectivity index (χ1n) is 11.8. The van der Waals surface area contributed by atoms with Crippen molar-refractivity contribution >= 4 is 17.4 Å². The number of nitriles is 1. The lowest BCUT2D eigenvalue weighted by atomic mass is 9.85. The monoisotopic (exact) mass is 490 g/mol. The van der Waals surface area contributed by atoms with E-state index in [1.54, 1.807) is 6.07 Å². The summed E-state index contributed by atoms with van der Waals surface area (Å²) in [5.74, 6) is 0.566. The minimum atomic E-state index is -0.545. The zero-order valence-electron chi connectivity index (χ0n) is 20.7. The highest BCUT2D eigenvalue weighted by Crippen LogP contribution is 2.39. The molecule has 1 N–H and O–H groups in total. The second kappa shape index (κ2) is 10.0. The minimum Gasteiger partial charge on any atom is -0.490 e. The average molecular weight is 491 g/mol. The molecule has 2 aromatic carbocycles. The molecule has 0 fully saturated rings. The molecule has 3 aromatic rings. The van der Waals surface area contributed by atoms with E-state index in [4.69, 9.17) is 9.47 Å². The SMILES string of the molecule is CC(C)Oc1ccc(-c2nnc(-c3cccc4c3CCCC4NC(=O)OC(C)(C)C)s2)cc1C#N. The van der Waals surface area contributed by atoms with E-state index in [-0.39, 0.29) is 12.1 Å². The Balaban J connectivity index is 1.61. The number of carbonyl (C=O) groups excluding carboxylic acids is 1. The van der Waals surface area contributed by atoms with Gasteiger partial charge in [0.25, 0.3) is 0 Å². The van der Waals surface area contributed by atoms with Crippen LogP contribution in [0.1, 0.15) is 70.2 Å². The van der Waals surface area contributed by atoms with Crippen molar-refractivity contribution in [2.45, 2.75) is 71.6 Å². The van der Waals surface area contributed by atoms with Gasteiger partial charge in [-0.25, -0.2) is 4.79 Å².